The number of carbonyl (C=O) groups is 2. The lowest BCUT2D eigenvalue weighted by Crippen LogP contribution is -2.38. The van der Waals surface area contributed by atoms with E-state index in [4.69, 9.17) is 5.11 Å². The summed E-state index contributed by atoms with van der Waals surface area (Å²) in [6, 6.07) is 0.946. The van der Waals surface area contributed by atoms with Crippen LogP contribution in [0.15, 0.2) is 12.3 Å². The molecule has 0 saturated heterocycles. The number of hydrogen-bond acceptors (Lipinski definition) is 3. The molecule has 1 rings (SSSR count). The van der Waals surface area contributed by atoms with Crippen LogP contribution in [0.1, 0.15) is 50.1 Å². The van der Waals surface area contributed by atoms with Gasteiger partial charge in [0.2, 0.25) is 0 Å². The Hall–Kier alpha value is -1.85. The van der Waals surface area contributed by atoms with Crippen LogP contribution in [0.3, 0.4) is 0 Å². The first kappa shape index (κ1) is 14.2. The number of carboxylic acids is 1. The molecule has 0 unspecified atom stereocenters. The van der Waals surface area contributed by atoms with Crippen molar-refractivity contribution < 1.29 is 14.7 Å². The van der Waals surface area contributed by atoms with E-state index >= 15 is 0 Å². The SMILES string of the molecule is CCC(CC)n1ccc(C(=O)N[C@@H](C)C(=O)O)n1. The van der Waals surface area contributed by atoms with Crippen molar-refractivity contribution in [2.75, 3.05) is 0 Å². The molecular formula is C12H19N3O3. The Balaban J connectivity index is 2.73. The number of nitrogens with zero attached hydrogens (tertiary/aromatic N) is 2. The molecule has 0 spiro atoms. The fourth-order valence-corrected chi connectivity index (χ4v) is 1.66. The van der Waals surface area contributed by atoms with E-state index in [1.807, 2.05) is 0 Å². The zero-order valence-corrected chi connectivity index (χ0v) is 10.9. The third-order valence-electron chi connectivity index (χ3n) is 2.88. The maximum Gasteiger partial charge on any atom is 0.325 e. The number of aromatic nitrogens is 2. The van der Waals surface area contributed by atoms with Crippen LogP contribution >= 0.6 is 0 Å². The summed E-state index contributed by atoms with van der Waals surface area (Å²) >= 11 is 0. The van der Waals surface area contributed by atoms with Crippen molar-refractivity contribution in [2.24, 2.45) is 0 Å². The molecule has 0 aliphatic heterocycles. The van der Waals surface area contributed by atoms with Crippen molar-refractivity contribution in [3.05, 3.63) is 18.0 Å². The second kappa shape index (κ2) is 6.18. The number of hydrogen-bond donors (Lipinski definition) is 2. The summed E-state index contributed by atoms with van der Waals surface area (Å²) in [6.07, 6.45) is 3.62. The molecule has 6 nitrogen and oxygen atoms in total. The van der Waals surface area contributed by atoms with Crippen LogP contribution in [0.4, 0.5) is 0 Å². The largest absolute Gasteiger partial charge is 0.480 e. The van der Waals surface area contributed by atoms with E-state index < -0.39 is 17.9 Å². The molecule has 0 aromatic carbocycles. The molecule has 0 bridgehead atoms. The summed E-state index contributed by atoms with van der Waals surface area (Å²) in [4.78, 5) is 22.4. The van der Waals surface area contributed by atoms with Crippen LogP contribution in [0.5, 0.6) is 0 Å². The van der Waals surface area contributed by atoms with E-state index in [1.54, 1.807) is 16.9 Å². The predicted molar refractivity (Wildman–Crippen MR) is 66.4 cm³/mol. The molecule has 100 valence electrons. The molecule has 0 fully saturated rings. The minimum Gasteiger partial charge on any atom is -0.480 e. The van der Waals surface area contributed by atoms with E-state index in [1.165, 1.54) is 6.92 Å². The van der Waals surface area contributed by atoms with Crippen LogP contribution in [0.25, 0.3) is 0 Å². The summed E-state index contributed by atoms with van der Waals surface area (Å²) < 4.78 is 1.75. The lowest BCUT2D eigenvalue weighted by atomic mass is 10.2. The van der Waals surface area contributed by atoms with Gasteiger partial charge in [-0.15, -0.1) is 0 Å². The van der Waals surface area contributed by atoms with Crippen LogP contribution in [-0.4, -0.2) is 32.8 Å². The van der Waals surface area contributed by atoms with Gasteiger partial charge in [0.15, 0.2) is 0 Å². The van der Waals surface area contributed by atoms with Crippen LogP contribution in [0.2, 0.25) is 0 Å². The van der Waals surface area contributed by atoms with Crippen molar-refractivity contribution >= 4 is 11.9 Å². The van der Waals surface area contributed by atoms with Gasteiger partial charge in [-0.2, -0.15) is 5.10 Å². The van der Waals surface area contributed by atoms with E-state index in [2.05, 4.69) is 24.3 Å². The molecule has 1 atom stereocenters. The van der Waals surface area contributed by atoms with Crippen LogP contribution < -0.4 is 5.32 Å². The summed E-state index contributed by atoms with van der Waals surface area (Å²) in [6.45, 7) is 5.53. The van der Waals surface area contributed by atoms with Crippen molar-refractivity contribution in [1.82, 2.24) is 15.1 Å². The van der Waals surface area contributed by atoms with E-state index in [0.717, 1.165) is 12.8 Å². The highest BCUT2D eigenvalue weighted by Gasteiger charge is 2.18. The quantitative estimate of drug-likeness (QED) is 0.803. The third-order valence-corrected chi connectivity index (χ3v) is 2.88. The molecule has 0 aliphatic rings. The number of carbonyl (C=O) groups excluding carboxylic acids is 1. The van der Waals surface area contributed by atoms with Crippen molar-refractivity contribution in [1.29, 1.82) is 0 Å². The minimum atomic E-state index is -1.07. The van der Waals surface area contributed by atoms with Gasteiger partial charge < -0.3 is 10.4 Å². The molecule has 2 N–H and O–H groups in total. The highest BCUT2D eigenvalue weighted by atomic mass is 16.4. The highest BCUT2D eigenvalue weighted by Crippen LogP contribution is 2.14. The first-order valence-corrected chi connectivity index (χ1v) is 6.08. The summed E-state index contributed by atoms with van der Waals surface area (Å²) in [5, 5.41) is 15.3. The standard InChI is InChI=1S/C12H19N3O3/c1-4-9(5-2)15-7-6-10(14-15)11(16)13-8(3)12(17)18/h6-9H,4-5H2,1-3H3,(H,13,16)(H,17,18)/t8-/m0/s1. The summed E-state index contributed by atoms with van der Waals surface area (Å²) in [7, 11) is 0. The number of nitrogens with one attached hydrogen (secondary N) is 1. The van der Waals surface area contributed by atoms with E-state index in [0.29, 0.717) is 0 Å². The minimum absolute atomic E-state index is 0.245. The van der Waals surface area contributed by atoms with Gasteiger partial charge in [-0.3, -0.25) is 14.3 Å². The van der Waals surface area contributed by atoms with Crippen LogP contribution in [-0.2, 0) is 4.79 Å². The van der Waals surface area contributed by atoms with Gasteiger partial charge in [0.05, 0.1) is 6.04 Å². The lowest BCUT2D eigenvalue weighted by molar-refractivity contribution is -0.138. The van der Waals surface area contributed by atoms with Crippen molar-refractivity contribution in [3.8, 4) is 0 Å². The average Bonchev–Trinajstić information content (AvgIpc) is 2.80. The normalized spacial score (nSPS) is 12.4. The Labute approximate surface area is 106 Å². The first-order valence-electron chi connectivity index (χ1n) is 6.08. The molecule has 6 heteroatoms. The third kappa shape index (κ3) is 3.32. The maximum atomic E-state index is 11.7. The number of amides is 1. The molecular weight excluding hydrogens is 234 g/mol. The van der Waals surface area contributed by atoms with Gasteiger partial charge in [-0.1, -0.05) is 13.8 Å². The highest BCUT2D eigenvalue weighted by molar-refractivity contribution is 5.94. The monoisotopic (exact) mass is 253 g/mol. The molecule has 1 aromatic heterocycles. The number of carboxylic acid groups (broad SMARTS) is 1. The van der Waals surface area contributed by atoms with Gasteiger partial charge in [0.1, 0.15) is 11.7 Å². The Morgan fingerprint density at radius 2 is 2.06 bits per heavy atom. The average molecular weight is 253 g/mol. The molecule has 0 aliphatic carbocycles. The molecule has 18 heavy (non-hydrogen) atoms. The Bertz CT molecular complexity index is 424. The maximum absolute atomic E-state index is 11.7. The zero-order chi connectivity index (χ0) is 13.7. The Morgan fingerprint density at radius 1 is 1.44 bits per heavy atom. The summed E-state index contributed by atoms with van der Waals surface area (Å²) in [5.74, 6) is -1.53. The first-order chi connectivity index (χ1) is 8.49. The Morgan fingerprint density at radius 3 is 2.56 bits per heavy atom. The second-order valence-electron chi connectivity index (χ2n) is 4.18. The van der Waals surface area contributed by atoms with Gasteiger partial charge >= 0.3 is 5.97 Å². The predicted octanol–water partition coefficient (Wildman–Crippen LogP) is 1.45. The molecule has 0 radical (unpaired) electrons. The molecule has 1 aromatic rings. The molecule has 1 heterocycles. The van der Waals surface area contributed by atoms with Gasteiger partial charge in [-0.25, -0.2) is 0 Å². The second-order valence-corrected chi connectivity index (χ2v) is 4.18. The zero-order valence-electron chi connectivity index (χ0n) is 10.9. The number of aliphatic carboxylic acids is 1. The van der Waals surface area contributed by atoms with Crippen LogP contribution in [0, 0.1) is 0 Å². The van der Waals surface area contributed by atoms with Gasteiger partial charge in [0, 0.05) is 6.20 Å². The fourth-order valence-electron chi connectivity index (χ4n) is 1.66. The van der Waals surface area contributed by atoms with E-state index in [-0.39, 0.29) is 11.7 Å². The topological polar surface area (TPSA) is 84.2 Å². The molecule has 0 saturated carbocycles. The smallest absolute Gasteiger partial charge is 0.325 e. The lowest BCUT2D eigenvalue weighted by Gasteiger charge is -2.12. The van der Waals surface area contributed by atoms with Gasteiger partial charge in [0.25, 0.3) is 5.91 Å². The van der Waals surface area contributed by atoms with Gasteiger partial charge in [-0.05, 0) is 25.8 Å². The molecule has 1 amide bonds. The van der Waals surface area contributed by atoms with Crippen molar-refractivity contribution in [3.63, 3.8) is 0 Å². The number of rotatable bonds is 6. The summed E-state index contributed by atoms with van der Waals surface area (Å²) in [5.41, 5.74) is 0.245. The fraction of sp³-hybridized carbons (Fsp3) is 0.583. The van der Waals surface area contributed by atoms with Crippen molar-refractivity contribution in [2.45, 2.75) is 45.7 Å². The Kier molecular flexibility index (Phi) is 4.88. The van der Waals surface area contributed by atoms with E-state index in [9.17, 15) is 9.59 Å².